The number of thioether (sulfide) groups is 1. The van der Waals surface area contributed by atoms with E-state index >= 15 is 0 Å². The molecule has 0 saturated carbocycles. The third-order valence-electron chi connectivity index (χ3n) is 2.78. The van der Waals surface area contributed by atoms with E-state index < -0.39 is 11.9 Å². The summed E-state index contributed by atoms with van der Waals surface area (Å²) in [5.41, 5.74) is 2.95. The Bertz CT molecular complexity index is 595. The Hall–Kier alpha value is -1.14. The van der Waals surface area contributed by atoms with Crippen LogP contribution in [0.5, 0.6) is 0 Å². The van der Waals surface area contributed by atoms with Gasteiger partial charge in [-0.05, 0) is 24.3 Å². The van der Waals surface area contributed by atoms with Crippen molar-refractivity contribution >= 4 is 23.4 Å². The molecule has 0 radical (unpaired) electrons. The Morgan fingerprint density at radius 3 is 2.55 bits per heavy atom. The molecule has 0 amide bonds. The molecule has 0 heterocycles. The maximum absolute atomic E-state index is 13.8. The van der Waals surface area contributed by atoms with E-state index in [4.69, 9.17) is 17.4 Å². The molecule has 0 aliphatic carbocycles. The molecule has 3 N–H and O–H groups in total. The molecular formula is C14H13ClF2N2S. The first-order valence-corrected chi connectivity index (χ1v) is 7.26. The SMILES string of the molecule is NNC(CSc1ccccc1F)c1ccc(Cl)cc1F. The molecule has 2 aromatic rings. The molecule has 2 aromatic carbocycles. The van der Waals surface area contributed by atoms with Crippen molar-refractivity contribution in [3.8, 4) is 0 Å². The highest BCUT2D eigenvalue weighted by atomic mass is 35.5. The lowest BCUT2D eigenvalue weighted by Gasteiger charge is -2.17. The van der Waals surface area contributed by atoms with Crippen LogP contribution in [0.25, 0.3) is 0 Å². The molecule has 2 rings (SSSR count). The molecule has 0 fully saturated rings. The summed E-state index contributed by atoms with van der Waals surface area (Å²) in [4.78, 5) is 0.502. The first-order valence-electron chi connectivity index (χ1n) is 5.90. The van der Waals surface area contributed by atoms with E-state index in [0.717, 1.165) is 0 Å². The van der Waals surface area contributed by atoms with E-state index in [1.165, 1.54) is 23.9 Å². The third-order valence-corrected chi connectivity index (χ3v) is 4.16. The summed E-state index contributed by atoms with van der Waals surface area (Å²) in [6, 6.07) is 10.4. The fraction of sp³-hybridized carbons (Fsp3) is 0.143. The lowest BCUT2D eigenvalue weighted by atomic mass is 10.1. The Morgan fingerprint density at radius 1 is 1.15 bits per heavy atom. The first kappa shape index (κ1) is 15.3. The topological polar surface area (TPSA) is 38.0 Å². The van der Waals surface area contributed by atoms with E-state index in [9.17, 15) is 8.78 Å². The maximum Gasteiger partial charge on any atom is 0.136 e. The van der Waals surface area contributed by atoms with Gasteiger partial charge in [-0.15, -0.1) is 11.8 Å². The summed E-state index contributed by atoms with van der Waals surface area (Å²) in [7, 11) is 0. The smallest absolute Gasteiger partial charge is 0.136 e. The van der Waals surface area contributed by atoms with Crippen LogP contribution in [0.4, 0.5) is 8.78 Å². The van der Waals surface area contributed by atoms with Gasteiger partial charge in [-0.3, -0.25) is 11.3 Å². The van der Waals surface area contributed by atoms with Crippen LogP contribution in [0.3, 0.4) is 0 Å². The summed E-state index contributed by atoms with van der Waals surface area (Å²) < 4.78 is 27.3. The van der Waals surface area contributed by atoms with Gasteiger partial charge in [-0.25, -0.2) is 8.78 Å². The van der Waals surface area contributed by atoms with Gasteiger partial charge < -0.3 is 0 Å². The summed E-state index contributed by atoms with van der Waals surface area (Å²) in [6.45, 7) is 0. The van der Waals surface area contributed by atoms with E-state index in [2.05, 4.69) is 5.43 Å². The summed E-state index contributed by atoms with van der Waals surface area (Å²) in [5.74, 6) is 5.12. The lowest BCUT2D eigenvalue weighted by Crippen LogP contribution is -2.30. The van der Waals surface area contributed by atoms with E-state index in [1.807, 2.05) is 0 Å². The predicted octanol–water partition coefficient (Wildman–Crippen LogP) is 3.91. The normalized spacial score (nSPS) is 12.4. The summed E-state index contributed by atoms with van der Waals surface area (Å²) >= 11 is 6.98. The van der Waals surface area contributed by atoms with Crippen molar-refractivity contribution in [2.75, 3.05) is 5.75 Å². The van der Waals surface area contributed by atoms with Crippen LogP contribution < -0.4 is 11.3 Å². The maximum atomic E-state index is 13.8. The van der Waals surface area contributed by atoms with Gasteiger partial charge in [-0.2, -0.15) is 0 Å². The standard InChI is InChI=1S/C14H13ClF2N2S/c15-9-5-6-10(12(17)7-9)13(19-18)8-20-14-4-2-1-3-11(14)16/h1-7,13,19H,8,18H2. The summed E-state index contributed by atoms with van der Waals surface area (Å²) in [6.07, 6.45) is 0. The molecule has 1 atom stereocenters. The van der Waals surface area contributed by atoms with Gasteiger partial charge >= 0.3 is 0 Å². The molecule has 20 heavy (non-hydrogen) atoms. The highest BCUT2D eigenvalue weighted by molar-refractivity contribution is 7.99. The second-order valence-corrected chi connectivity index (χ2v) is 5.62. The van der Waals surface area contributed by atoms with Crippen LogP contribution in [0.15, 0.2) is 47.4 Å². The Kier molecular flexibility index (Phi) is 5.37. The Morgan fingerprint density at radius 2 is 1.90 bits per heavy atom. The molecule has 0 aromatic heterocycles. The monoisotopic (exact) mass is 314 g/mol. The van der Waals surface area contributed by atoms with Gasteiger partial charge in [-0.1, -0.05) is 29.8 Å². The van der Waals surface area contributed by atoms with Crippen LogP contribution in [0.1, 0.15) is 11.6 Å². The third kappa shape index (κ3) is 3.70. The van der Waals surface area contributed by atoms with Gasteiger partial charge in [0, 0.05) is 21.2 Å². The van der Waals surface area contributed by atoms with Gasteiger partial charge in [0.1, 0.15) is 11.6 Å². The number of benzene rings is 2. The minimum Gasteiger partial charge on any atom is -0.271 e. The van der Waals surface area contributed by atoms with Crippen LogP contribution in [0, 0.1) is 11.6 Å². The number of hydrazine groups is 1. The van der Waals surface area contributed by atoms with Crippen LogP contribution >= 0.6 is 23.4 Å². The second kappa shape index (κ2) is 7.04. The lowest BCUT2D eigenvalue weighted by molar-refractivity contribution is 0.546. The molecule has 0 saturated heterocycles. The molecule has 0 aliphatic heterocycles. The fourth-order valence-electron chi connectivity index (χ4n) is 1.75. The number of rotatable bonds is 5. The Balaban J connectivity index is 2.11. The van der Waals surface area contributed by atoms with Crippen molar-refractivity contribution in [1.29, 1.82) is 0 Å². The van der Waals surface area contributed by atoms with Gasteiger partial charge in [0.15, 0.2) is 0 Å². The minimum atomic E-state index is -0.436. The second-order valence-electron chi connectivity index (χ2n) is 4.13. The zero-order chi connectivity index (χ0) is 14.5. The molecule has 106 valence electrons. The summed E-state index contributed by atoms with van der Waals surface area (Å²) in [5, 5.41) is 0.323. The number of hydrogen-bond acceptors (Lipinski definition) is 3. The molecule has 0 spiro atoms. The van der Waals surface area contributed by atoms with Gasteiger partial charge in [0.05, 0.1) is 6.04 Å². The minimum absolute atomic E-state index is 0.301. The molecule has 0 aliphatic rings. The van der Waals surface area contributed by atoms with Crippen molar-refractivity contribution in [2.45, 2.75) is 10.9 Å². The number of hydrogen-bond donors (Lipinski definition) is 2. The highest BCUT2D eigenvalue weighted by Gasteiger charge is 2.16. The zero-order valence-corrected chi connectivity index (χ0v) is 12.0. The largest absolute Gasteiger partial charge is 0.271 e. The number of halogens is 3. The molecule has 2 nitrogen and oxygen atoms in total. The van der Waals surface area contributed by atoms with E-state index in [-0.39, 0.29) is 5.82 Å². The van der Waals surface area contributed by atoms with Crippen LogP contribution in [-0.4, -0.2) is 5.75 Å². The quantitative estimate of drug-likeness (QED) is 0.499. The molecule has 6 heteroatoms. The fourth-order valence-corrected chi connectivity index (χ4v) is 2.91. The molecule has 0 bridgehead atoms. The van der Waals surface area contributed by atoms with Crippen molar-refractivity contribution in [2.24, 2.45) is 5.84 Å². The van der Waals surface area contributed by atoms with Crippen molar-refractivity contribution in [1.82, 2.24) is 5.43 Å². The molecular weight excluding hydrogens is 302 g/mol. The Labute approximate surface area is 125 Å². The first-order chi connectivity index (χ1) is 9.61. The highest BCUT2D eigenvalue weighted by Crippen LogP contribution is 2.28. The number of nitrogens with two attached hydrogens (primary N) is 1. The predicted molar refractivity (Wildman–Crippen MR) is 78.6 cm³/mol. The average molecular weight is 315 g/mol. The zero-order valence-electron chi connectivity index (χ0n) is 10.4. The van der Waals surface area contributed by atoms with E-state index in [1.54, 1.807) is 30.3 Å². The molecule has 1 unspecified atom stereocenters. The van der Waals surface area contributed by atoms with Crippen molar-refractivity contribution in [3.63, 3.8) is 0 Å². The average Bonchev–Trinajstić information content (AvgIpc) is 2.43. The van der Waals surface area contributed by atoms with E-state index in [0.29, 0.717) is 21.2 Å². The van der Waals surface area contributed by atoms with Crippen molar-refractivity contribution in [3.05, 3.63) is 64.7 Å². The van der Waals surface area contributed by atoms with Crippen LogP contribution in [0.2, 0.25) is 5.02 Å². The number of nitrogens with one attached hydrogen (secondary N) is 1. The van der Waals surface area contributed by atoms with Gasteiger partial charge in [0.25, 0.3) is 0 Å². The van der Waals surface area contributed by atoms with Gasteiger partial charge in [0.2, 0.25) is 0 Å². The van der Waals surface area contributed by atoms with Crippen LogP contribution in [-0.2, 0) is 0 Å². The van der Waals surface area contributed by atoms with Crippen molar-refractivity contribution < 1.29 is 8.78 Å².